The first-order chi connectivity index (χ1) is 14.2. The Bertz CT molecular complexity index is 485. The molecule has 2 heteroatoms. The van der Waals surface area contributed by atoms with Gasteiger partial charge < -0.3 is 5.11 Å². The summed E-state index contributed by atoms with van der Waals surface area (Å²) in [7, 11) is 0. The molecule has 0 saturated carbocycles. The summed E-state index contributed by atoms with van der Waals surface area (Å²) in [5, 5.41) is 8.65. The van der Waals surface area contributed by atoms with Gasteiger partial charge in [-0.3, -0.25) is 4.79 Å². The molecule has 0 aromatic rings. The van der Waals surface area contributed by atoms with Crippen LogP contribution < -0.4 is 0 Å². The Morgan fingerprint density at radius 3 is 1.28 bits per heavy atom. The third-order valence-corrected chi connectivity index (χ3v) is 7.35. The van der Waals surface area contributed by atoms with Gasteiger partial charge in [0.05, 0.1) is 0 Å². The van der Waals surface area contributed by atoms with Gasteiger partial charge in [-0.15, -0.1) is 12.3 Å². The SMILES string of the molecule is C#CC(C)(C)C(C)C.CC(=O)C(C)(C)C(C)C.CC(C)C(C)(C)CCO.CCCC(C)C. The van der Waals surface area contributed by atoms with Crippen molar-refractivity contribution in [1.82, 2.24) is 0 Å². The maximum Gasteiger partial charge on any atom is 0.135 e. The van der Waals surface area contributed by atoms with Crippen LogP contribution in [0.25, 0.3) is 0 Å². The minimum atomic E-state index is -0.139. The number of carbonyl (C=O) groups is 1. The van der Waals surface area contributed by atoms with E-state index >= 15 is 0 Å². The zero-order valence-corrected chi connectivity index (χ0v) is 25.1. The van der Waals surface area contributed by atoms with Crippen LogP contribution in [-0.4, -0.2) is 17.5 Å². The summed E-state index contributed by atoms with van der Waals surface area (Å²) >= 11 is 0. The first kappa shape index (κ1) is 38.5. The first-order valence-corrected chi connectivity index (χ1v) is 12.8. The van der Waals surface area contributed by atoms with Crippen LogP contribution in [0, 0.1) is 52.3 Å². The van der Waals surface area contributed by atoms with E-state index in [1.165, 1.54) is 12.8 Å². The average Bonchev–Trinajstić information content (AvgIpc) is 2.62. The van der Waals surface area contributed by atoms with Crippen LogP contribution in [0.15, 0.2) is 0 Å². The molecule has 0 aliphatic carbocycles. The summed E-state index contributed by atoms with van der Waals surface area (Å²) in [5.41, 5.74) is 0.231. The summed E-state index contributed by atoms with van der Waals surface area (Å²) in [6.45, 7) is 34.0. The van der Waals surface area contributed by atoms with Crippen LogP contribution in [0.3, 0.4) is 0 Å². The normalized spacial score (nSPS) is 11.8. The number of hydrogen-bond acceptors (Lipinski definition) is 2. The molecule has 0 atom stereocenters. The topological polar surface area (TPSA) is 37.3 Å². The highest BCUT2D eigenvalue weighted by molar-refractivity contribution is 5.81. The Kier molecular flexibility index (Phi) is 22.3. The third kappa shape index (κ3) is 21.1. The van der Waals surface area contributed by atoms with Gasteiger partial charge in [-0.25, -0.2) is 0 Å². The summed E-state index contributed by atoms with van der Waals surface area (Å²) in [6.07, 6.45) is 8.87. The van der Waals surface area contributed by atoms with Crippen LogP contribution in [0.4, 0.5) is 0 Å². The summed E-state index contributed by atoms with van der Waals surface area (Å²) in [5.74, 6) is 5.59. The summed E-state index contributed by atoms with van der Waals surface area (Å²) < 4.78 is 0. The molecule has 0 aromatic heterocycles. The molecule has 0 unspecified atom stereocenters. The molecule has 0 heterocycles. The van der Waals surface area contributed by atoms with Crippen molar-refractivity contribution >= 4 is 5.78 Å². The smallest absolute Gasteiger partial charge is 0.135 e. The molecule has 0 aliphatic rings. The molecule has 0 fully saturated rings. The highest BCUT2D eigenvalue weighted by Crippen LogP contribution is 2.29. The number of terminal acetylenes is 1. The van der Waals surface area contributed by atoms with Crippen LogP contribution in [-0.2, 0) is 4.79 Å². The minimum absolute atomic E-state index is 0.0694. The lowest BCUT2D eigenvalue weighted by molar-refractivity contribution is -0.126. The van der Waals surface area contributed by atoms with Gasteiger partial charge in [0.2, 0.25) is 0 Å². The third-order valence-electron chi connectivity index (χ3n) is 7.35. The average molecular weight is 455 g/mol. The van der Waals surface area contributed by atoms with Crippen molar-refractivity contribution in [2.24, 2.45) is 39.9 Å². The Labute approximate surface area is 204 Å². The first-order valence-electron chi connectivity index (χ1n) is 12.8. The highest BCUT2D eigenvalue weighted by atomic mass is 16.3. The number of hydrogen-bond donors (Lipinski definition) is 1. The second kappa shape index (κ2) is 18.6. The molecular weight excluding hydrogens is 392 g/mol. The zero-order chi connectivity index (χ0) is 26.9. The minimum Gasteiger partial charge on any atom is -0.396 e. The maximum atomic E-state index is 10.9. The van der Waals surface area contributed by atoms with Crippen LogP contribution >= 0.6 is 0 Å². The fourth-order valence-corrected chi connectivity index (χ4v) is 1.73. The Morgan fingerprint density at radius 2 is 1.25 bits per heavy atom. The largest absolute Gasteiger partial charge is 0.396 e. The molecule has 0 aliphatic heterocycles. The van der Waals surface area contributed by atoms with Crippen molar-refractivity contribution in [3.63, 3.8) is 0 Å². The Morgan fingerprint density at radius 1 is 0.844 bits per heavy atom. The predicted molar refractivity (Wildman–Crippen MR) is 147 cm³/mol. The fraction of sp³-hybridized carbons (Fsp3) is 0.900. The van der Waals surface area contributed by atoms with Gasteiger partial charge in [-0.1, -0.05) is 103 Å². The van der Waals surface area contributed by atoms with Gasteiger partial charge >= 0.3 is 0 Å². The molecule has 194 valence electrons. The van der Waals surface area contributed by atoms with E-state index in [4.69, 9.17) is 11.5 Å². The zero-order valence-electron chi connectivity index (χ0n) is 25.1. The monoisotopic (exact) mass is 454 g/mol. The van der Waals surface area contributed by atoms with Crippen molar-refractivity contribution in [3.8, 4) is 12.3 Å². The van der Waals surface area contributed by atoms with Crippen LogP contribution in [0.1, 0.15) is 130 Å². The molecule has 0 aromatic carbocycles. The Balaban J connectivity index is -0.000000165. The van der Waals surface area contributed by atoms with Gasteiger partial charge in [0.1, 0.15) is 5.78 Å². The second-order valence-corrected chi connectivity index (χ2v) is 12.3. The molecule has 0 spiro atoms. The van der Waals surface area contributed by atoms with Gasteiger partial charge in [0.15, 0.2) is 0 Å². The number of rotatable bonds is 8. The molecule has 0 radical (unpaired) electrons. The highest BCUT2D eigenvalue weighted by Gasteiger charge is 2.27. The number of carbonyl (C=O) groups excluding carboxylic acids is 1. The maximum absolute atomic E-state index is 10.9. The quantitative estimate of drug-likeness (QED) is 0.371. The fourth-order valence-electron chi connectivity index (χ4n) is 1.73. The van der Waals surface area contributed by atoms with Gasteiger partial charge in [0.25, 0.3) is 0 Å². The number of ketones is 1. The molecule has 0 amide bonds. The number of Topliss-reactive ketones (excluding diaryl/α,β-unsaturated/α-hetero) is 1. The molecule has 32 heavy (non-hydrogen) atoms. The summed E-state index contributed by atoms with van der Waals surface area (Å²) in [6, 6.07) is 0. The number of aliphatic hydroxyl groups excluding tert-OH is 1. The molecule has 0 saturated heterocycles. The van der Waals surface area contributed by atoms with E-state index in [1.807, 2.05) is 13.8 Å². The lowest BCUT2D eigenvalue weighted by Gasteiger charge is -2.27. The van der Waals surface area contributed by atoms with E-state index in [1.54, 1.807) is 6.92 Å². The Hall–Kier alpha value is -0.810. The second-order valence-electron chi connectivity index (χ2n) is 12.3. The van der Waals surface area contributed by atoms with Crippen LogP contribution in [0.5, 0.6) is 0 Å². The van der Waals surface area contributed by atoms with E-state index in [-0.39, 0.29) is 16.6 Å². The van der Waals surface area contributed by atoms with Crippen molar-refractivity contribution in [1.29, 1.82) is 0 Å². The molecule has 0 bridgehead atoms. The van der Waals surface area contributed by atoms with E-state index < -0.39 is 0 Å². The summed E-state index contributed by atoms with van der Waals surface area (Å²) in [4.78, 5) is 10.9. The van der Waals surface area contributed by atoms with Crippen LogP contribution in [0.2, 0.25) is 0 Å². The van der Waals surface area contributed by atoms with Crippen molar-refractivity contribution in [2.45, 2.75) is 130 Å². The van der Waals surface area contributed by atoms with Gasteiger partial charge in [-0.05, 0) is 56.3 Å². The lowest BCUT2D eigenvalue weighted by Crippen LogP contribution is -2.27. The number of aliphatic hydroxyl groups is 1. The van der Waals surface area contributed by atoms with Crippen molar-refractivity contribution < 1.29 is 9.90 Å². The lowest BCUT2D eigenvalue weighted by atomic mass is 9.78. The molecule has 2 nitrogen and oxygen atoms in total. The van der Waals surface area contributed by atoms with Crippen molar-refractivity contribution in [2.75, 3.05) is 6.61 Å². The molecule has 1 N–H and O–H groups in total. The van der Waals surface area contributed by atoms with E-state index in [9.17, 15) is 4.79 Å². The molecule has 0 rings (SSSR count). The standard InChI is InChI=1S/C8H18O.C8H16O.C8H14.C6H14/c1-7(2)8(3,4)5-6-9;1-6(2)8(4,5)7(3)9;1-6-8(4,5)7(2)3;1-4-5-6(2)3/h7,9H,5-6H2,1-4H3;6H,1-5H3;1,7H,2-5H3;6H,4-5H2,1-3H3. The van der Waals surface area contributed by atoms with E-state index in [0.717, 1.165) is 12.3 Å². The van der Waals surface area contributed by atoms with Gasteiger partial charge in [0, 0.05) is 17.4 Å². The van der Waals surface area contributed by atoms with E-state index in [0.29, 0.717) is 29.8 Å². The predicted octanol–water partition coefficient (Wildman–Crippen LogP) is 9.05. The van der Waals surface area contributed by atoms with E-state index in [2.05, 4.69) is 95.9 Å². The van der Waals surface area contributed by atoms with Gasteiger partial charge in [-0.2, -0.15) is 0 Å². The van der Waals surface area contributed by atoms with Crippen molar-refractivity contribution in [3.05, 3.63) is 0 Å². The molecular formula is C30H62O2.